The lowest BCUT2D eigenvalue weighted by Gasteiger charge is -2.25. The highest BCUT2D eigenvalue weighted by Crippen LogP contribution is 2.33. The maximum Gasteiger partial charge on any atom is 0.129 e. The maximum atomic E-state index is 4.46. The summed E-state index contributed by atoms with van der Waals surface area (Å²) in [5.41, 5.74) is 3.01. The molecule has 94 valence electrons. The van der Waals surface area contributed by atoms with Crippen molar-refractivity contribution in [3.63, 3.8) is 0 Å². The van der Waals surface area contributed by atoms with Crippen LogP contribution >= 0.6 is 31.9 Å². The van der Waals surface area contributed by atoms with E-state index in [0.29, 0.717) is 5.92 Å². The lowest BCUT2D eigenvalue weighted by molar-refractivity contribution is 0.451. The molecule has 0 radical (unpaired) electrons. The molecule has 1 heterocycles. The monoisotopic (exact) mass is 368 g/mol. The number of fused-ring (bicyclic) bond motifs is 1. The van der Waals surface area contributed by atoms with Crippen molar-refractivity contribution in [1.82, 2.24) is 9.78 Å². The van der Waals surface area contributed by atoms with Crippen molar-refractivity contribution in [2.75, 3.05) is 0 Å². The Labute approximate surface area is 124 Å². The van der Waals surface area contributed by atoms with Crippen molar-refractivity contribution >= 4 is 31.9 Å². The fraction of sp³-hybridized carbons (Fsp3) is 0.357. The first kappa shape index (κ1) is 12.4. The van der Waals surface area contributed by atoms with Crippen molar-refractivity contribution in [1.29, 1.82) is 0 Å². The molecule has 0 bridgehead atoms. The van der Waals surface area contributed by atoms with E-state index in [0.717, 1.165) is 15.8 Å². The van der Waals surface area contributed by atoms with Gasteiger partial charge in [0.15, 0.2) is 0 Å². The topological polar surface area (TPSA) is 17.8 Å². The second kappa shape index (κ2) is 5.17. The molecular weight excluding hydrogens is 356 g/mol. The van der Waals surface area contributed by atoms with Crippen LogP contribution in [-0.4, -0.2) is 9.78 Å². The van der Waals surface area contributed by atoms with Gasteiger partial charge in [-0.05, 0) is 62.2 Å². The molecule has 0 fully saturated rings. The van der Waals surface area contributed by atoms with E-state index in [4.69, 9.17) is 0 Å². The van der Waals surface area contributed by atoms with Crippen LogP contribution < -0.4 is 0 Å². The van der Waals surface area contributed by atoms with Crippen LogP contribution in [-0.2, 0) is 13.0 Å². The highest BCUT2D eigenvalue weighted by atomic mass is 79.9. The fourth-order valence-electron chi connectivity index (χ4n) is 2.75. The van der Waals surface area contributed by atoms with Gasteiger partial charge < -0.3 is 0 Å². The normalized spacial score (nSPS) is 18.7. The largest absolute Gasteiger partial charge is 0.257 e. The summed E-state index contributed by atoms with van der Waals surface area (Å²) in [6.45, 7) is 0.948. The van der Waals surface area contributed by atoms with E-state index in [9.17, 15) is 0 Å². The third kappa shape index (κ3) is 2.41. The Kier molecular flexibility index (Phi) is 3.57. The number of nitrogens with zero attached hydrogens (tertiary/aromatic N) is 2. The van der Waals surface area contributed by atoms with Crippen molar-refractivity contribution in [2.45, 2.75) is 31.7 Å². The number of benzene rings is 1. The highest BCUT2D eigenvalue weighted by Gasteiger charge is 2.21. The van der Waals surface area contributed by atoms with Crippen LogP contribution in [0.25, 0.3) is 0 Å². The van der Waals surface area contributed by atoms with Gasteiger partial charge in [-0.15, -0.1) is 0 Å². The highest BCUT2D eigenvalue weighted by molar-refractivity contribution is 9.11. The Hall–Kier alpha value is -0.610. The number of rotatable bonds is 2. The summed E-state index contributed by atoms with van der Waals surface area (Å²) >= 11 is 6.97. The van der Waals surface area contributed by atoms with Crippen LogP contribution in [0.15, 0.2) is 39.5 Å². The van der Waals surface area contributed by atoms with Crippen molar-refractivity contribution in [2.24, 2.45) is 0 Å². The minimum absolute atomic E-state index is 0.582. The van der Waals surface area contributed by atoms with Crippen LogP contribution in [0.5, 0.6) is 0 Å². The molecule has 4 heteroatoms. The minimum Gasteiger partial charge on any atom is -0.257 e. The van der Waals surface area contributed by atoms with E-state index < -0.39 is 0 Å². The smallest absolute Gasteiger partial charge is 0.129 e. The first-order chi connectivity index (χ1) is 8.74. The predicted octanol–water partition coefficient (Wildman–Crippen LogP) is 4.53. The summed E-state index contributed by atoms with van der Waals surface area (Å²) < 4.78 is 3.97. The number of hydrogen-bond donors (Lipinski definition) is 0. The Morgan fingerprint density at radius 1 is 1.28 bits per heavy atom. The van der Waals surface area contributed by atoms with Crippen molar-refractivity contribution < 1.29 is 0 Å². The van der Waals surface area contributed by atoms with E-state index in [1.165, 1.54) is 30.4 Å². The second-order valence-electron chi connectivity index (χ2n) is 4.76. The lowest BCUT2D eigenvalue weighted by atomic mass is 9.83. The van der Waals surface area contributed by atoms with Crippen LogP contribution in [0, 0.1) is 0 Å². The number of hydrogen-bond acceptors (Lipinski definition) is 1. The van der Waals surface area contributed by atoms with E-state index in [1.807, 2.05) is 10.7 Å². The number of aromatic nitrogens is 2. The van der Waals surface area contributed by atoms with E-state index in [-0.39, 0.29) is 0 Å². The summed E-state index contributed by atoms with van der Waals surface area (Å²) in [6, 6.07) is 10.8. The molecule has 1 unspecified atom stereocenters. The zero-order valence-electron chi connectivity index (χ0n) is 9.94. The molecule has 2 nitrogen and oxygen atoms in total. The molecule has 2 aromatic rings. The van der Waals surface area contributed by atoms with Gasteiger partial charge >= 0.3 is 0 Å². The molecular formula is C14H14Br2N2. The Morgan fingerprint density at radius 3 is 2.89 bits per heavy atom. The van der Waals surface area contributed by atoms with Crippen LogP contribution in [0.4, 0.5) is 0 Å². The summed E-state index contributed by atoms with van der Waals surface area (Å²) in [7, 11) is 0. The van der Waals surface area contributed by atoms with Crippen LogP contribution in [0.2, 0.25) is 0 Å². The average molecular weight is 370 g/mol. The Balaban J connectivity index is 1.88. The molecule has 1 atom stereocenters. The summed E-state index contributed by atoms with van der Waals surface area (Å²) in [6.07, 6.45) is 3.75. The van der Waals surface area contributed by atoms with E-state index in [2.05, 4.69) is 61.2 Å². The molecule has 18 heavy (non-hydrogen) atoms. The van der Waals surface area contributed by atoms with Crippen molar-refractivity contribution in [3.05, 3.63) is 50.7 Å². The quantitative estimate of drug-likeness (QED) is 0.760. The molecule has 0 amide bonds. The molecule has 1 aromatic carbocycles. The zero-order valence-corrected chi connectivity index (χ0v) is 13.1. The summed E-state index contributed by atoms with van der Waals surface area (Å²) in [5, 5.41) is 4.46. The third-order valence-corrected chi connectivity index (χ3v) is 4.61. The van der Waals surface area contributed by atoms with E-state index >= 15 is 0 Å². The van der Waals surface area contributed by atoms with Gasteiger partial charge in [0.05, 0.1) is 0 Å². The number of halogens is 2. The molecule has 3 rings (SSSR count). The lowest BCUT2D eigenvalue weighted by Crippen LogP contribution is -2.16. The fourth-order valence-corrected chi connectivity index (χ4v) is 3.90. The SMILES string of the molecule is Brc1cc(Br)n(CC2CCCc3ccccc32)n1. The van der Waals surface area contributed by atoms with Crippen LogP contribution in [0.1, 0.15) is 29.9 Å². The first-order valence-electron chi connectivity index (χ1n) is 6.20. The standard InChI is InChI=1S/C14H14Br2N2/c15-13-8-14(16)18(17-13)9-11-6-3-5-10-4-1-2-7-12(10)11/h1-2,4,7-8,11H,3,5-6,9H2. The van der Waals surface area contributed by atoms with Gasteiger partial charge in [-0.3, -0.25) is 4.68 Å². The Morgan fingerprint density at radius 2 is 2.11 bits per heavy atom. The average Bonchev–Trinajstić information content (AvgIpc) is 2.68. The second-order valence-corrected chi connectivity index (χ2v) is 6.38. The molecule has 1 aliphatic carbocycles. The van der Waals surface area contributed by atoms with E-state index in [1.54, 1.807) is 0 Å². The van der Waals surface area contributed by atoms with Crippen LogP contribution in [0.3, 0.4) is 0 Å². The summed E-state index contributed by atoms with van der Waals surface area (Å²) in [5.74, 6) is 0.582. The van der Waals surface area contributed by atoms with Crippen molar-refractivity contribution in [3.8, 4) is 0 Å². The van der Waals surface area contributed by atoms with Gasteiger partial charge in [-0.1, -0.05) is 24.3 Å². The van der Waals surface area contributed by atoms with Gasteiger partial charge in [0.2, 0.25) is 0 Å². The molecule has 0 saturated carbocycles. The maximum absolute atomic E-state index is 4.46. The zero-order chi connectivity index (χ0) is 12.5. The first-order valence-corrected chi connectivity index (χ1v) is 7.79. The van der Waals surface area contributed by atoms with Gasteiger partial charge in [-0.2, -0.15) is 5.10 Å². The Bertz CT molecular complexity index is 563. The van der Waals surface area contributed by atoms with Gasteiger partial charge in [0.25, 0.3) is 0 Å². The molecule has 1 aliphatic rings. The van der Waals surface area contributed by atoms with Gasteiger partial charge in [0, 0.05) is 18.5 Å². The minimum atomic E-state index is 0.582. The van der Waals surface area contributed by atoms with Gasteiger partial charge in [0.1, 0.15) is 9.21 Å². The molecule has 0 spiro atoms. The predicted molar refractivity (Wildman–Crippen MR) is 79.7 cm³/mol. The molecule has 1 aromatic heterocycles. The number of aryl methyl sites for hydroxylation is 1. The molecule has 0 saturated heterocycles. The summed E-state index contributed by atoms with van der Waals surface area (Å²) in [4.78, 5) is 0. The van der Waals surface area contributed by atoms with Gasteiger partial charge in [-0.25, -0.2) is 0 Å². The molecule has 0 aliphatic heterocycles. The third-order valence-electron chi connectivity index (χ3n) is 3.59. The molecule has 0 N–H and O–H groups in total.